The molecule has 4 aromatic carbocycles. The van der Waals surface area contributed by atoms with Crippen molar-refractivity contribution in [3.63, 3.8) is 0 Å². The summed E-state index contributed by atoms with van der Waals surface area (Å²) in [7, 11) is 0. The van der Waals surface area contributed by atoms with E-state index < -0.39 is 0 Å². The fourth-order valence-electron chi connectivity index (χ4n) is 9.09. The van der Waals surface area contributed by atoms with Crippen LogP contribution in [0, 0.1) is 0 Å². The van der Waals surface area contributed by atoms with Crippen LogP contribution in [0.4, 0.5) is 11.4 Å². The van der Waals surface area contributed by atoms with E-state index in [1.807, 2.05) is 0 Å². The predicted molar refractivity (Wildman–Crippen MR) is 238 cm³/mol. The van der Waals surface area contributed by atoms with Crippen molar-refractivity contribution in [1.82, 2.24) is 0 Å². The van der Waals surface area contributed by atoms with Crippen molar-refractivity contribution in [3.8, 4) is 0 Å². The van der Waals surface area contributed by atoms with Crippen LogP contribution < -0.4 is 4.90 Å². The Morgan fingerprint density at radius 3 is 2.00 bits per heavy atom. The Kier molecular flexibility index (Phi) is 13.8. The Morgan fingerprint density at radius 2 is 1.29 bits per heavy atom. The first-order valence-electron chi connectivity index (χ1n) is 20.5. The van der Waals surface area contributed by atoms with Crippen molar-refractivity contribution in [2.24, 2.45) is 0 Å². The Labute approximate surface area is 334 Å². The minimum atomic E-state index is -0.153. The molecular weight excluding hydrogens is 693 g/mol. The highest BCUT2D eigenvalue weighted by Crippen LogP contribution is 2.53. The smallest absolute Gasteiger partial charge is 0.210 e. The zero-order valence-corrected chi connectivity index (χ0v) is 34.1. The van der Waals surface area contributed by atoms with Gasteiger partial charge in [-0.25, -0.2) is 0 Å². The molecule has 2 aliphatic rings. The monoisotopic (exact) mass is 751 g/mol. The lowest BCUT2D eigenvalue weighted by atomic mass is 9.75. The van der Waals surface area contributed by atoms with Crippen LogP contribution in [0.25, 0.3) is 21.5 Å². The van der Waals surface area contributed by atoms with Gasteiger partial charge in [-0.2, -0.15) is 17.2 Å². The van der Waals surface area contributed by atoms with Crippen LogP contribution in [-0.4, -0.2) is 41.7 Å². The largest absolute Gasteiger partial charge is 0.344 e. The first-order chi connectivity index (χ1) is 26.9. The number of rotatable bonds is 20. The molecule has 0 N–H and O–H groups in total. The van der Waals surface area contributed by atoms with E-state index in [1.54, 1.807) is 0 Å². The Bertz CT molecular complexity index is 2140. The van der Waals surface area contributed by atoms with Gasteiger partial charge < -0.3 is 14.5 Å². The minimum absolute atomic E-state index is 0.146. The molecular formula is C50H59N2O2S+. The van der Waals surface area contributed by atoms with E-state index in [-0.39, 0.29) is 10.8 Å². The number of anilines is 1. The van der Waals surface area contributed by atoms with E-state index in [0.29, 0.717) is 12.8 Å². The minimum Gasteiger partial charge on any atom is -0.344 e. The molecule has 0 amide bonds. The summed E-state index contributed by atoms with van der Waals surface area (Å²) < 4.78 is 2.51. The summed E-state index contributed by atoms with van der Waals surface area (Å²) in [5, 5.41) is 5.22. The van der Waals surface area contributed by atoms with Crippen LogP contribution in [-0.2, 0) is 20.4 Å². The van der Waals surface area contributed by atoms with Crippen LogP contribution in [0.15, 0.2) is 121 Å². The number of aldehydes is 2. The molecule has 0 bridgehead atoms. The molecule has 1 atom stereocenters. The molecule has 0 radical (unpaired) electrons. The van der Waals surface area contributed by atoms with Gasteiger partial charge in [0.05, 0.1) is 5.41 Å². The molecule has 0 saturated carbocycles. The van der Waals surface area contributed by atoms with Crippen molar-refractivity contribution >= 4 is 63.8 Å². The number of carbonyl (C=O) groups excluding carboxylic acids is 2. The third kappa shape index (κ3) is 8.68. The zero-order valence-electron chi connectivity index (χ0n) is 33.2. The molecule has 0 fully saturated rings. The number of hydrogen-bond donors (Lipinski definition) is 1. The molecule has 0 spiro atoms. The second-order valence-electron chi connectivity index (χ2n) is 15.9. The van der Waals surface area contributed by atoms with Gasteiger partial charge in [0.25, 0.3) is 0 Å². The van der Waals surface area contributed by atoms with Crippen molar-refractivity contribution in [3.05, 3.63) is 132 Å². The summed E-state index contributed by atoms with van der Waals surface area (Å²) in [5.41, 5.74) is 7.81. The lowest BCUT2D eigenvalue weighted by Crippen LogP contribution is -2.29. The van der Waals surface area contributed by atoms with Gasteiger partial charge >= 0.3 is 0 Å². The molecule has 2 aliphatic heterocycles. The normalized spacial score (nSPS) is 18.5. The third-order valence-electron chi connectivity index (χ3n) is 11.8. The number of nitrogens with zero attached hydrogens (tertiary/aromatic N) is 2. The number of allylic oxidation sites excluding steroid dienone is 8. The van der Waals surface area contributed by atoms with Gasteiger partial charge in [0.15, 0.2) is 5.71 Å². The standard InChI is InChI=1S/C50H58N2O2S/c1-49(2)45(51(34-18-8-10-21-37-54)43-31-29-39-23-13-15-25-41(39)47(43)49)27-11-5-4-6-12-28-46-50(3,33-17-7-9-20-36-53)48-42-26-16-14-24-40(42)30-32-44(48)52(46)35-19-22-38-55/h4-6,11-16,23-32,36-37H,7-10,17-22,33-35,38H2,1-3H3/p+1. The molecule has 0 aliphatic carbocycles. The molecule has 6 rings (SSSR count). The average molecular weight is 752 g/mol. The third-order valence-corrected chi connectivity index (χ3v) is 12.1. The second-order valence-corrected chi connectivity index (χ2v) is 16.3. The summed E-state index contributed by atoms with van der Waals surface area (Å²) in [6.07, 6.45) is 28.2. The Balaban J connectivity index is 1.28. The van der Waals surface area contributed by atoms with Gasteiger partial charge in [0.2, 0.25) is 5.69 Å². The van der Waals surface area contributed by atoms with Gasteiger partial charge in [0, 0.05) is 60.3 Å². The maximum Gasteiger partial charge on any atom is 0.210 e. The van der Waals surface area contributed by atoms with Gasteiger partial charge in [-0.05, 0) is 110 Å². The Hall–Kier alpha value is -4.48. The first-order valence-corrected chi connectivity index (χ1v) is 21.2. The predicted octanol–water partition coefficient (Wildman–Crippen LogP) is 12.3. The molecule has 5 heteroatoms. The summed E-state index contributed by atoms with van der Waals surface area (Å²) in [4.78, 5) is 24.5. The van der Waals surface area contributed by atoms with E-state index in [9.17, 15) is 9.59 Å². The number of benzene rings is 4. The number of fused-ring (bicyclic) bond motifs is 6. The highest BCUT2D eigenvalue weighted by atomic mass is 32.1. The maximum atomic E-state index is 11.0. The number of hydrogen-bond acceptors (Lipinski definition) is 4. The second kappa shape index (κ2) is 18.9. The van der Waals surface area contributed by atoms with E-state index in [2.05, 4.69) is 158 Å². The molecule has 286 valence electrons. The highest BCUT2D eigenvalue weighted by molar-refractivity contribution is 7.80. The molecule has 2 heterocycles. The summed E-state index contributed by atoms with van der Waals surface area (Å²) in [6.45, 7) is 9.03. The average Bonchev–Trinajstić information content (AvgIpc) is 3.57. The maximum absolute atomic E-state index is 11.0. The van der Waals surface area contributed by atoms with Crippen molar-refractivity contribution in [1.29, 1.82) is 0 Å². The Morgan fingerprint density at radius 1 is 0.655 bits per heavy atom. The van der Waals surface area contributed by atoms with Crippen molar-refractivity contribution in [2.45, 2.75) is 102 Å². The van der Waals surface area contributed by atoms with E-state index in [4.69, 9.17) is 0 Å². The van der Waals surface area contributed by atoms with Crippen LogP contribution in [0.2, 0.25) is 0 Å². The zero-order chi connectivity index (χ0) is 38.7. The first kappa shape index (κ1) is 40.2. The lowest BCUT2D eigenvalue weighted by molar-refractivity contribution is -0.438. The number of unbranched alkanes of at least 4 members (excludes halogenated alkanes) is 7. The van der Waals surface area contributed by atoms with E-state index >= 15 is 0 Å². The summed E-state index contributed by atoms with van der Waals surface area (Å²) in [6, 6.07) is 26.7. The number of carbonyl (C=O) groups is 2. The lowest BCUT2D eigenvalue weighted by Gasteiger charge is -2.31. The molecule has 0 aromatic heterocycles. The fourth-order valence-corrected chi connectivity index (χ4v) is 9.31. The van der Waals surface area contributed by atoms with Crippen LogP contribution in [0.5, 0.6) is 0 Å². The van der Waals surface area contributed by atoms with Crippen molar-refractivity contribution in [2.75, 3.05) is 23.7 Å². The van der Waals surface area contributed by atoms with E-state index in [1.165, 1.54) is 55.5 Å². The molecule has 0 saturated heterocycles. The molecule has 1 unspecified atom stereocenters. The van der Waals surface area contributed by atoms with Gasteiger partial charge in [-0.15, -0.1) is 0 Å². The van der Waals surface area contributed by atoms with Crippen molar-refractivity contribution < 1.29 is 14.2 Å². The number of thiol groups is 1. The highest BCUT2D eigenvalue weighted by Gasteiger charge is 2.46. The fraction of sp³-hybridized carbons (Fsp3) is 0.380. The van der Waals surface area contributed by atoms with Crippen LogP contribution in [0.1, 0.15) is 103 Å². The van der Waals surface area contributed by atoms with Crippen LogP contribution >= 0.6 is 12.6 Å². The van der Waals surface area contributed by atoms with Gasteiger partial charge in [-0.1, -0.05) is 97.8 Å². The molecule has 4 aromatic rings. The molecule has 4 nitrogen and oxygen atoms in total. The summed E-state index contributed by atoms with van der Waals surface area (Å²) >= 11 is 4.53. The van der Waals surface area contributed by atoms with Gasteiger partial charge in [0.1, 0.15) is 19.1 Å². The SMILES string of the molecule is CC1(C)C(/C=C/C=C/C=C/C=C2\N(CCCCS)c3ccc4ccccc4c3C2(C)CCCCCC=O)=[N+](CCCCCC=O)c2ccc3ccccc3c21. The topological polar surface area (TPSA) is 40.4 Å². The van der Waals surface area contributed by atoms with Gasteiger partial charge in [-0.3, -0.25) is 0 Å². The quantitative estimate of drug-likeness (QED) is 0.0321. The van der Waals surface area contributed by atoms with Crippen LogP contribution in [0.3, 0.4) is 0 Å². The summed E-state index contributed by atoms with van der Waals surface area (Å²) in [5.74, 6) is 0.891. The van der Waals surface area contributed by atoms with E-state index in [0.717, 1.165) is 89.2 Å². The molecule has 55 heavy (non-hydrogen) atoms.